The van der Waals surface area contributed by atoms with E-state index in [0.717, 1.165) is 6.08 Å². The Morgan fingerprint density at radius 1 is 1.00 bits per heavy atom. The van der Waals surface area contributed by atoms with E-state index in [-0.39, 0.29) is 17.1 Å². The Labute approximate surface area is 151 Å². The molecule has 9 heteroatoms. The van der Waals surface area contributed by atoms with Crippen molar-refractivity contribution in [3.63, 3.8) is 0 Å². The topological polar surface area (TPSA) is 113 Å². The van der Waals surface area contributed by atoms with E-state index in [1.54, 1.807) is 20.8 Å². The predicted molar refractivity (Wildman–Crippen MR) is 87.1 cm³/mol. The summed E-state index contributed by atoms with van der Waals surface area (Å²) in [5.74, 6) is -1.08. The van der Waals surface area contributed by atoms with Crippen molar-refractivity contribution in [2.24, 2.45) is 0 Å². The maximum Gasteiger partial charge on any atom is 0.511 e. The Morgan fingerprint density at radius 2 is 1.54 bits per heavy atom. The van der Waals surface area contributed by atoms with Crippen molar-refractivity contribution in [3.8, 4) is 0 Å². The van der Waals surface area contributed by atoms with Crippen LogP contribution in [0.4, 0.5) is 4.79 Å². The van der Waals surface area contributed by atoms with Crippen molar-refractivity contribution in [1.29, 1.82) is 0 Å². The molecule has 0 saturated carbocycles. The van der Waals surface area contributed by atoms with E-state index in [9.17, 15) is 14.4 Å². The monoisotopic (exact) mass is 372 g/mol. The van der Waals surface area contributed by atoms with Gasteiger partial charge in [0.15, 0.2) is 5.78 Å². The molecule has 1 aliphatic rings. The average Bonchev–Trinajstić information content (AvgIpc) is 3.27. The van der Waals surface area contributed by atoms with Gasteiger partial charge in [-0.15, -0.1) is 0 Å². The summed E-state index contributed by atoms with van der Waals surface area (Å²) in [6.45, 7) is 10.9. The summed E-state index contributed by atoms with van der Waals surface area (Å²) < 4.78 is 20.1. The molecule has 0 spiro atoms. The molecule has 2 unspecified atom stereocenters. The van der Waals surface area contributed by atoms with Gasteiger partial charge < -0.3 is 18.9 Å². The molecule has 146 valence electrons. The summed E-state index contributed by atoms with van der Waals surface area (Å²) in [5.41, 5.74) is -0.402. The second-order valence-electron chi connectivity index (χ2n) is 6.53. The molecule has 1 heterocycles. The van der Waals surface area contributed by atoms with E-state index in [1.165, 1.54) is 27.7 Å². The zero-order chi connectivity index (χ0) is 20.1. The van der Waals surface area contributed by atoms with E-state index >= 15 is 0 Å². The van der Waals surface area contributed by atoms with Crippen LogP contribution < -0.4 is 0 Å². The van der Waals surface area contributed by atoms with Gasteiger partial charge in [0.1, 0.15) is 5.60 Å². The van der Waals surface area contributed by atoms with Crippen LogP contribution in [0.2, 0.25) is 0 Å². The lowest BCUT2D eigenvalue weighted by Gasteiger charge is -2.22. The van der Waals surface area contributed by atoms with Gasteiger partial charge in [0.05, 0.1) is 5.57 Å². The molecule has 0 radical (unpaired) electrons. The second-order valence-corrected chi connectivity index (χ2v) is 6.53. The number of carbonyl (C=O) groups is 3. The molecule has 1 fully saturated rings. The molecule has 9 nitrogen and oxygen atoms in total. The first-order chi connectivity index (χ1) is 11.9. The van der Waals surface area contributed by atoms with Crippen molar-refractivity contribution < 1.29 is 43.1 Å². The first kappa shape index (κ1) is 21.5. The minimum atomic E-state index is -1.02. The molecule has 2 atom stereocenters. The van der Waals surface area contributed by atoms with Crippen molar-refractivity contribution >= 4 is 17.9 Å². The SMILES string of the molecule is CC(C(=O)/C=C(\C)C(=O)OC(C)OC(C)OC(=O)OC(C)(C)C)=C1OO1. The fraction of sp³-hybridized carbons (Fsp3) is 0.588. The third-order valence-electron chi connectivity index (χ3n) is 2.82. The molecule has 1 aliphatic heterocycles. The summed E-state index contributed by atoms with van der Waals surface area (Å²) >= 11 is 0. The van der Waals surface area contributed by atoms with Gasteiger partial charge in [-0.2, -0.15) is 0 Å². The van der Waals surface area contributed by atoms with Crippen LogP contribution in [0, 0.1) is 0 Å². The highest BCUT2D eigenvalue weighted by molar-refractivity contribution is 6.07. The second kappa shape index (κ2) is 8.70. The lowest BCUT2D eigenvalue weighted by molar-refractivity contribution is -0.217. The molecular formula is C17H24O9. The first-order valence-electron chi connectivity index (χ1n) is 7.93. The van der Waals surface area contributed by atoms with Crippen LogP contribution in [0.25, 0.3) is 0 Å². The van der Waals surface area contributed by atoms with Crippen molar-refractivity contribution in [3.05, 3.63) is 23.2 Å². The van der Waals surface area contributed by atoms with Gasteiger partial charge in [0.2, 0.25) is 12.6 Å². The molecule has 26 heavy (non-hydrogen) atoms. The lowest BCUT2D eigenvalue weighted by atomic mass is 10.1. The Bertz CT molecular complexity index is 619. The lowest BCUT2D eigenvalue weighted by Crippen LogP contribution is -2.30. The van der Waals surface area contributed by atoms with Crippen LogP contribution in [-0.2, 0) is 38.3 Å². The summed E-state index contributed by atoms with van der Waals surface area (Å²) in [4.78, 5) is 44.2. The standard InChI is InChI=1S/C17H24O9/c1-9(8-13(18)10(2)15-25-26-15)14(19)22-11(3)21-12(4)23-16(20)24-17(5,6)7/h8,11-12H,1-7H3/b9-8+. The third-order valence-corrected chi connectivity index (χ3v) is 2.82. The van der Waals surface area contributed by atoms with Gasteiger partial charge in [-0.3, -0.25) is 4.79 Å². The maximum atomic E-state index is 12.0. The molecule has 1 saturated heterocycles. The fourth-order valence-electron chi connectivity index (χ4n) is 1.59. The molecule has 1 rings (SSSR count). The summed E-state index contributed by atoms with van der Waals surface area (Å²) in [5, 5.41) is 0. The van der Waals surface area contributed by atoms with Gasteiger partial charge >= 0.3 is 18.1 Å². The average molecular weight is 372 g/mol. The largest absolute Gasteiger partial charge is 0.511 e. The highest BCUT2D eigenvalue weighted by Gasteiger charge is 2.26. The molecule has 0 aliphatic carbocycles. The summed E-state index contributed by atoms with van der Waals surface area (Å²) in [7, 11) is 0. The third kappa shape index (κ3) is 8.02. The summed E-state index contributed by atoms with van der Waals surface area (Å²) in [6, 6.07) is 0. The van der Waals surface area contributed by atoms with Gasteiger partial charge in [0, 0.05) is 5.57 Å². The van der Waals surface area contributed by atoms with Crippen LogP contribution >= 0.6 is 0 Å². The van der Waals surface area contributed by atoms with Crippen LogP contribution in [0.5, 0.6) is 0 Å². The van der Waals surface area contributed by atoms with Gasteiger partial charge in [-0.25, -0.2) is 19.4 Å². The van der Waals surface area contributed by atoms with Crippen LogP contribution in [-0.4, -0.2) is 36.1 Å². The van der Waals surface area contributed by atoms with E-state index in [2.05, 4.69) is 9.78 Å². The zero-order valence-electron chi connectivity index (χ0n) is 15.9. The Kier molecular flexibility index (Phi) is 7.19. The minimum absolute atomic E-state index is 0.0618. The van der Waals surface area contributed by atoms with E-state index in [4.69, 9.17) is 18.9 Å². The Balaban J connectivity index is 2.47. The number of hydrogen-bond acceptors (Lipinski definition) is 9. The van der Waals surface area contributed by atoms with Crippen molar-refractivity contribution in [2.45, 2.75) is 66.6 Å². The number of hydrogen-bond donors (Lipinski definition) is 0. The van der Waals surface area contributed by atoms with Gasteiger partial charge in [-0.1, -0.05) is 0 Å². The highest BCUT2D eigenvalue weighted by Crippen LogP contribution is 2.23. The molecule has 0 amide bonds. The van der Waals surface area contributed by atoms with Crippen molar-refractivity contribution in [2.75, 3.05) is 0 Å². The normalized spacial score (nSPS) is 15.8. The van der Waals surface area contributed by atoms with Crippen LogP contribution in [0.3, 0.4) is 0 Å². The van der Waals surface area contributed by atoms with E-state index < -0.39 is 36.1 Å². The quantitative estimate of drug-likeness (QED) is 0.219. The minimum Gasteiger partial charge on any atom is -0.433 e. The smallest absolute Gasteiger partial charge is 0.433 e. The molecule has 0 aromatic carbocycles. The fourth-order valence-corrected chi connectivity index (χ4v) is 1.59. The summed E-state index contributed by atoms with van der Waals surface area (Å²) in [6.07, 6.45) is -1.83. The number of esters is 1. The molecule has 0 N–H and O–H groups in total. The van der Waals surface area contributed by atoms with E-state index in [0.29, 0.717) is 0 Å². The molecule has 0 aromatic heterocycles. The van der Waals surface area contributed by atoms with Crippen LogP contribution in [0.1, 0.15) is 48.5 Å². The first-order valence-corrected chi connectivity index (χ1v) is 7.93. The molecule has 0 aromatic rings. The predicted octanol–water partition coefficient (Wildman–Crippen LogP) is 2.90. The van der Waals surface area contributed by atoms with E-state index in [1.807, 2.05) is 0 Å². The van der Waals surface area contributed by atoms with Gasteiger partial charge in [-0.05, 0) is 54.5 Å². The van der Waals surface area contributed by atoms with Crippen LogP contribution in [0.15, 0.2) is 23.2 Å². The Morgan fingerprint density at radius 3 is 2.04 bits per heavy atom. The molecular weight excluding hydrogens is 348 g/mol. The number of rotatable bonds is 7. The Hall–Kier alpha value is -2.55. The highest BCUT2D eigenvalue weighted by atomic mass is 17.4. The number of carbonyl (C=O) groups excluding carboxylic acids is 3. The van der Waals surface area contributed by atoms with Gasteiger partial charge in [0.25, 0.3) is 0 Å². The van der Waals surface area contributed by atoms with Crippen molar-refractivity contribution in [1.82, 2.24) is 0 Å². The number of allylic oxidation sites excluding steroid dienone is 2. The number of ether oxygens (including phenoxy) is 4. The number of ketones is 1. The zero-order valence-corrected chi connectivity index (χ0v) is 15.9. The maximum absolute atomic E-state index is 12.0. The molecule has 0 bridgehead atoms.